The van der Waals surface area contributed by atoms with Crippen LogP contribution in [0.1, 0.15) is 23.0 Å². The first-order chi connectivity index (χ1) is 8.76. The summed E-state index contributed by atoms with van der Waals surface area (Å²) in [6.07, 6.45) is 0.508. The van der Waals surface area contributed by atoms with Gasteiger partial charge in [-0.3, -0.25) is 4.79 Å². The number of nitrogens with one attached hydrogen (secondary N) is 1. The van der Waals surface area contributed by atoms with E-state index in [2.05, 4.69) is 5.32 Å². The molecule has 1 unspecified atom stereocenters. The fraction of sp³-hybridized carbons (Fsp3) is 0.500. The van der Waals surface area contributed by atoms with E-state index in [1.165, 1.54) is 5.38 Å². The van der Waals surface area contributed by atoms with Crippen molar-refractivity contribution in [3.63, 3.8) is 0 Å². The zero-order valence-corrected chi connectivity index (χ0v) is 11.7. The molecule has 0 fully saturated rings. The summed E-state index contributed by atoms with van der Waals surface area (Å²) < 4.78 is 47.6. The smallest absolute Gasteiger partial charge is 0.341 e. The van der Waals surface area contributed by atoms with E-state index >= 15 is 0 Å². The van der Waals surface area contributed by atoms with Crippen LogP contribution in [0.3, 0.4) is 0 Å². The molecule has 0 aromatic carbocycles. The predicted octanol–water partition coefficient (Wildman–Crippen LogP) is 1.21. The molecule has 0 saturated carbocycles. The second kappa shape index (κ2) is 6.40. The van der Waals surface area contributed by atoms with E-state index in [-0.39, 0.29) is 17.5 Å². The third-order valence-electron chi connectivity index (χ3n) is 2.26. The van der Waals surface area contributed by atoms with Crippen molar-refractivity contribution in [2.45, 2.75) is 30.0 Å². The lowest BCUT2D eigenvalue weighted by Gasteiger charge is -2.08. The van der Waals surface area contributed by atoms with Crippen molar-refractivity contribution in [3.05, 3.63) is 16.3 Å². The van der Waals surface area contributed by atoms with Gasteiger partial charge < -0.3 is 11.1 Å². The lowest BCUT2D eigenvalue weighted by Crippen LogP contribution is -2.29. The van der Waals surface area contributed by atoms with E-state index < -0.39 is 26.4 Å². The molecule has 0 saturated heterocycles. The summed E-state index contributed by atoms with van der Waals surface area (Å²) in [5.74, 6) is -4.23. The molecule has 0 radical (unpaired) electrons. The Balaban J connectivity index is 2.86. The summed E-state index contributed by atoms with van der Waals surface area (Å²) in [6, 6.07) is 0.889. The molecule has 0 aliphatic heterocycles. The van der Waals surface area contributed by atoms with Gasteiger partial charge in [0.25, 0.3) is 5.91 Å². The molecule has 9 heteroatoms. The van der Waals surface area contributed by atoms with Crippen LogP contribution in [0.2, 0.25) is 0 Å². The zero-order chi connectivity index (χ0) is 14.6. The number of halogens is 2. The highest BCUT2D eigenvalue weighted by Gasteiger charge is 2.31. The van der Waals surface area contributed by atoms with Crippen molar-refractivity contribution in [1.82, 2.24) is 5.32 Å². The number of carbonyl (C=O) groups is 1. The van der Waals surface area contributed by atoms with Crippen molar-refractivity contribution in [1.29, 1.82) is 0 Å². The first-order valence-corrected chi connectivity index (χ1v) is 7.82. The highest BCUT2D eigenvalue weighted by molar-refractivity contribution is 7.92. The summed E-state index contributed by atoms with van der Waals surface area (Å²) in [6.45, 7) is 2.01. The van der Waals surface area contributed by atoms with Gasteiger partial charge in [0, 0.05) is 12.6 Å². The minimum absolute atomic E-state index is 0.118. The van der Waals surface area contributed by atoms with E-state index in [1.54, 1.807) is 6.92 Å². The van der Waals surface area contributed by atoms with Crippen LogP contribution in [0.4, 0.5) is 8.78 Å². The van der Waals surface area contributed by atoms with Crippen LogP contribution >= 0.6 is 11.3 Å². The van der Waals surface area contributed by atoms with Gasteiger partial charge in [0.05, 0.1) is 4.90 Å². The molecule has 1 atom stereocenters. The molecule has 108 valence electrons. The molecule has 1 aromatic rings. The van der Waals surface area contributed by atoms with E-state index in [0.717, 1.165) is 17.4 Å². The average Bonchev–Trinajstić information content (AvgIpc) is 2.77. The van der Waals surface area contributed by atoms with Gasteiger partial charge in [0.15, 0.2) is 0 Å². The number of nitrogens with two attached hydrogens (primary N) is 1. The van der Waals surface area contributed by atoms with Gasteiger partial charge >= 0.3 is 5.76 Å². The first kappa shape index (κ1) is 16.0. The minimum Gasteiger partial charge on any atom is -0.351 e. The fourth-order valence-electron chi connectivity index (χ4n) is 1.28. The second-order valence-electron chi connectivity index (χ2n) is 3.94. The third-order valence-corrected chi connectivity index (χ3v) is 4.73. The van der Waals surface area contributed by atoms with E-state index in [9.17, 15) is 22.0 Å². The number of amides is 1. The number of alkyl halides is 2. The van der Waals surface area contributed by atoms with Gasteiger partial charge in [0.1, 0.15) is 4.88 Å². The van der Waals surface area contributed by atoms with Gasteiger partial charge in [-0.1, -0.05) is 0 Å². The van der Waals surface area contributed by atoms with E-state index in [0.29, 0.717) is 6.42 Å². The van der Waals surface area contributed by atoms with Crippen LogP contribution in [0.15, 0.2) is 16.3 Å². The Kier molecular flexibility index (Phi) is 5.39. The Morgan fingerprint density at radius 2 is 2.16 bits per heavy atom. The Hall–Kier alpha value is -1.06. The Bertz CT molecular complexity index is 541. The predicted molar refractivity (Wildman–Crippen MR) is 68.1 cm³/mol. The molecule has 1 rings (SSSR count). The quantitative estimate of drug-likeness (QED) is 0.826. The monoisotopic (exact) mass is 312 g/mol. The topological polar surface area (TPSA) is 89.3 Å². The molecule has 1 heterocycles. The number of carbonyl (C=O) groups excluding carboxylic acids is 1. The van der Waals surface area contributed by atoms with Crippen LogP contribution in [-0.2, 0) is 9.84 Å². The molecule has 19 heavy (non-hydrogen) atoms. The fourth-order valence-corrected chi connectivity index (χ4v) is 3.36. The summed E-state index contributed by atoms with van der Waals surface area (Å²) in [4.78, 5) is 10.9. The average molecular weight is 312 g/mol. The summed E-state index contributed by atoms with van der Waals surface area (Å²) in [7, 11) is -4.76. The van der Waals surface area contributed by atoms with Crippen molar-refractivity contribution in [3.8, 4) is 0 Å². The molecule has 0 bridgehead atoms. The lowest BCUT2D eigenvalue weighted by molar-refractivity contribution is 0.0954. The number of hydrogen-bond donors (Lipinski definition) is 2. The Morgan fingerprint density at radius 3 is 2.68 bits per heavy atom. The minimum atomic E-state index is -4.76. The van der Waals surface area contributed by atoms with Crippen molar-refractivity contribution in [2.75, 3.05) is 6.54 Å². The van der Waals surface area contributed by atoms with Gasteiger partial charge in [-0.25, -0.2) is 8.42 Å². The van der Waals surface area contributed by atoms with Crippen molar-refractivity contribution >= 4 is 27.1 Å². The second-order valence-corrected chi connectivity index (χ2v) is 6.74. The van der Waals surface area contributed by atoms with E-state index in [4.69, 9.17) is 5.73 Å². The highest BCUT2D eigenvalue weighted by Crippen LogP contribution is 2.26. The van der Waals surface area contributed by atoms with Crippen LogP contribution in [0.25, 0.3) is 0 Å². The number of rotatable bonds is 6. The van der Waals surface area contributed by atoms with Gasteiger partial charge in [-0.05, 0) is 24.8 Å². The molecule has 0 spiro atoms. The van der Waals surface area contributed by atoms with Gasteiger partial charge in [-0.2, -0.15) is 8.78 Å². The van der Waals surface area contributed by atoms with Gasteiger partial charge in [-0.15, -0.1) is 11.3 Å². The lowest BCUT2D eigenvalue weighted by atomic mass is 10.2. The molecule has 0 aliphatic carbocycles. The molecule has 3 N–H and O–H groups in total. The standard InChI is InChI=1S/C10H14F2N2O3S2/c1-6(13)2-4-14-9(15)8-7(3-5-18-8)19(16,17)10(11)12/h3,5-6,10H,2,4,13H2,1H3,(H,14,15). The first-order valence-electron chi connectivity index (χ1n) is 5.40. The Morgan fingerprint density at radius 1 is 1.53 bits per heavy atom. The molecule has 1 aromatic heterocycles. The summed E-state index contributed by atoms with van der Waals surface area (Å²) in [5, 5.41) is 3.74. The maximum atomic E-state index is 12.4. The number of sulfone groups is 1. The molecular formula is C10H14F2N2O3S2. The normalized spacial score (nSPS) is 13.5. The Labute approximate surface area is 113 Å². The summed E-state index contributed by atoms with van der Waals surface area (Å²) in [5.41, 5.74) is 5.49. The number of thiophene rings is 1. The SMILES string of the molecule is CC(N)CCNC(=O)c1sccc1S(=O)(=O)C(F)F. The van der Waals surface area contributed by atoms with Gasteiger partial charge in [0.2, 0.25) is 9.84 Å². The molecule has 1 amide bonds. The largest absolute Gasteiger partial charge is 0.351 e. The maximum Gasteiger partial charge on any atom is 0.341 e. The van der Waals surface area contributed by atoms with Crippen LogP contribution in [-0.4, -0.2) is 32.7 Å². The molecule has 5 nitrogen and oxygen atoms in total. The van der Waals surface area contributed by atoms with Crippen LogP contribution in [0.5, 0.6) is 0 Å². The van der Waals surface area contributed by atoms with Crippen molar-refractivity contribution < 1.29 is 22.0 Å². The number of hydrogen-bond acceptors (Lipinski definition) is 5. The van der Waals surface area contributed by atoms with Crippen LogP contribution in [0, 0.1) is 0 Å². The van der Waals surface area contributed by atoms with Crippen LogP contribution < -0.4 is 11.1 Å². The molecular weight excluding hydrogens is 298 g/mol. The summed E-state index contributed by atoms with van der Waals surface area (Å²) >= 11 is 0.805. The highest BCUT2D eigenvalue weighted by atomic mass is 32.2. The van der Waals surface area contributed by atoms with E-state index in [1.807, 2.05) is 0 Å². The third kappa shape index (κ3) is 3.95. The zero-order valence-electron chi connectivity index (χ0n) is 10.1. The maximum absolute atomic E-state index is 12.4. The molecule has 0 aliphatic rings. The van der Waals surface area contributed by atoms with Crippen molar-refractivity contribution in [2.24, 2.45) is 5.73 Å².